The van der Waals surface area contributed by atoms with Crippen LogP contribution < -0.4 is 0 Å². The molecule has 0 radical (unpaired) electrons. The van der Waals surface area contributed by atoms with Crippen LogP contribution in [0.1, 0.15) is 11.1 Å². The quantitative estimate of drug-likeness (QED) is 0.569. The van der Waals surface area contributed by atoms with Gasteiger partial charge in [0.05, 0.1) is 5.71 Å². The lowest BCUT2D eigenvalue weighted by molar-refractivity contribution is 1.48. The second-order valence-electron chi connectivity index (χ2n) is 4.12. The van der Waals surface area contributed by atoms with Crippen molar-refractivity contribution in [2.24, 2.45) is 9.98 Å². The smallest absolute Gasteiger partial charge is 0.115 e. The standard InChI is InChI=1S/C17H16N2/c1-4-17(19-12-18-5-2)16-11-10-14-8-6-7-9-15(14)13(16)3/h4-12H,1-2H2,3H3. The van der Waals surface area contributed by atoms with Gasteiger partial charge in [-0.1, -0.05) is 49.6 Å². The number of aliphatic imine (C=N–C) groups is 2. The lowest BCUT2D eigenvalue weighted by Gasteiger charge is -2.09. The van der Waals surface area contributed by atoms with Gasteiger partial charge in [-0.15, -0.1) is 0 Å². The van der Waals surface area contributed by atoms with Gasteiger partial charge in [0.15, 0.2) is 0 Å². The number of fused-ring (bicyclic) bond motifs is 1. The Labute approximate surface area is 113 Å². The molecule has 94 valence electrons. The average Bonchev–Trinajstić information content (AvgIpc) is 2.45. The SMILES string of the molecule is C=CN=CN=C(C=C)c1ccc2ccccc2c1C. The minimum atomic E-state index is 0.814. The van der Waals surface area contributed by atoms with Crippen LogP contribution in [0.15, 0.2) is 71.8 Å². The molecule has 19 heavy (non-hydrogen) atoms. The summed E-state index contributed by atoms with van der Waals surface area (Å²) >= 11 is 0. The second kappa shape index (κ2) is 5.91. The van der Waals surface area contributed by atoms with Gasteiger partial charge in [0.1, 0.15) is 6.34 Å². The third-order valence-electron chi connectivity index (χ3n) is 3.04. The van der Waals surface area contributed by atoms with Gasteiger partial charge in [0, 0.05) is 11.8 Å². The van der Waals surface area contributed by atoms with E-state index in [1.807, 2.05) is 12.1 Å². The number of rotatable bonds is 4. The van der Waals surface area contributed by atoms with E-state index in [0.717, 1.165) is 11.3 Å². The van der Waals surface area contributed by atoms with E-state index in [2.05, 4.69) is 54.3 Å². The van der Waals surface area contributed by atoms with Crippen molar-refractivity contribution in [1.29, 1.82) is 0 Å². The largest absolute Gasteiger partial charge is 0.245 e. The van der Waals surface area contributed by atoms with Crippen molar-refractivity contribution in [3.05, 3.63) is 73.0 Å². The van der Waals surface area contributed by atoms with Crippen LogP contribution in [0.5, 0.6) is 0 Å². The molecule has 2 rings (SSSR count). The Balaban J connectivity index is 2.58. The third kappa shape index (κ3) is 2.68. The summed E-state index contributed by atoms with van der Waals surface area (Å²) in [5.74, 6) is 0. The van der Waals surface area contributed by atoms with Crippen LogP contribution in [-0.2, 0) is 0 Å². The van der Waals surface area contributed by atoms with E-state index in [-0.39, 0.29) is 0 Å². The molecular formula is C17H16N2. The highest BCUT2D eigenvalue weighted by Crippen LogP contribution is 2.22. The fourth-order valence-electron chi connectivity index (χ4n) is 2.08. The Kier molecular flexibility index (Phi) is 4.04. The van der Waals surface area contributed by atoms with E-state index < -0.39 is 0 Å². The zero-order valence-corrected chi connectivity index (χ0v) is 11.0. The second-order valence-corrected chi connectivity index (χ2v) is 4.12. The van der Waals surface area contributed by atoms with Gasteiger partial charge in [-0.25, -0.2) is 9.98 Å². The van der Waals surface area contributed by atoms with Crippen LogP contribution in [0.2, 0.25) is 0 Å². The molecule has 0 amide bonds. The zero-order chi connectivity index (χ0) is 13.7. The first-order valence-corrected chi connectivity index (χ1v) is 6.09. The van der Waals surface area contributed by atoms with Crippen molar-refractivity contribution in [2.45, 2.75) is 6.92 Å². The lowest BCUT2D eigenvalue weighted by atomic mass is 9.97. The van der Waals surface area contributed by atoms with Gasteiger partial charge < -0.3 is 0 Å². The van der Waals surface area contributed by atoms with Gasteiger partial charge in [-0.3, -0.25) is 0 Å². The van der Waals surface area contributed by atoms with Crippen molar-refractivity contribution < 1.29 is 0 Å². The minimum Gasteiger partial charge on any atom is -0.245 e. The van der Waals surface area contributed by atoms with Gasteiger partial charge in [-0.05, 0) is 29.3 Å². The summed E-state index contributed by atoms with van der Waals surface area (Å²) in [7, 11) is 0. The summed E-state index contributed by atoms with van der Waals surface area (Å²) in [6.45, 7) is 9.44. The van der Waals surface area contributed by atoms with E-state index in [1.54, 1.807) is 6.08 Å². The number of hydrogen-bond acceptors (Lipinski definition) is 1. The highest BCUT2D eigenvalue weighted by Gasteiger charge is 2.06. The molecule has 0 saturated carbocycles. The summed E-state index contributed by atoms with van der Waals surface area (Å²) in [5.41, 5.74) is 3.09. The number of aryl methyl sites for hydroxylation is 1. The monoisotopic (exact) mass is 248 g/mol. The predicted octanol–water partition coefficient (Wildman–Crippen LogP) is 4.30. The molecule has 0 N–H and O–H groups in total. The summed E-state index contributed by atoms with van der Waals surface area (Å²) in [5, 5.41) is 2.46. The molecule has 2 nitrogen and oxygen atoms in total. The molecule has 2 heteroatoms. The predicted molar refractivity (Wildman–Crippen MR) is 84.1 cm³/mol. The van der Waals surface area contributed by atoms with E-state index in [0.29, 0.717) is 0 Å². The van der Waals surface area contributed by atoms with Gasteiger partial charge in [0.25, 0.3) is 0 Å². The van der Waals surface area contributed by atoms with Crippen LogP contribution in [0, 0.1) is 6.92 Å². The molecule has 2 aromatic carbocycles. The van der Waals surface area contributed by atoms with Crippen LogP contribution in [0.3, 0.4) is 0 Å². The summed E-state index contributed by atoms with van der Waals surface area (Å²) < 4.78 is 0. The van der Waals surface area contributed by atoms with E-state index >= 15 is 0 Å². The fraction of sp³-hybridized carbons (Fsp3) is 0.0588. The molecule has 0 fully saturated rings. The summed E-state index contributed by atoms with van der Waals surface area (Å²) in [6.07, 6.45) is 4.68. The summed E-state index contributed by atoms with van der Waals surface area (Å²) in [4.78, 5) is 8.19. The Morgan fingerprint density at radius 1 is 1.11 bits per heavy atom. The lowest BCUT2D eigenvalue weighted by Crippen LogP contribution is -2.00. The zero-order valence-electron chi connectivity index (χ0n) is 11.0. The van der Waals surface area contributed by atoms with Crippen molar-refractivity contribution in [3.63, 3.8) is 0 Å². The molecule has 0 spiro atoms. The van der Waals surface area contributed by atoms with Crippen LogP contribution in [-0.4, -0.2) is 12.1 Å². The first-order valence-electron chi connectivity index (χ1n) is 6.09. The first kappa shape index (κ1) is 13.0. The van der Waals surface area contributed by atoms with Gasteiger partial charge in [-0.2, -0.15) is 0 Å². The molecule has 0 saturated heterocycles. The first-order chi connectivity index (χ1) is 9.27. The number of benzene rings is 2. The Hall–Kier alpha value is -2.48. The highest BCUT2D eigenvalue weighted by atomic mass is 14.8. The Bertz CT molecular complexity index is 679. The van der Waals surface area contributed by atoms with Gasteiger partial charge >= 0.3 is 0 Å². The van der Waals surface area contributed by atoms with Gasteiger partial charge in [0.2, 0.25) is 0 Å². The topological polar surface area (TPSA) is 24.7 Å². The minimum absolute atomic E-state index is 0.814. The summed E-state index contributed by atoms with van der Waals surface area (Å²) in [6, 6.07) is 12.5. The molecule has 0 unspecified atom stereocenters. The average molecular weight is 248 g/mol. The van der Waals surface area contributed by atoms with E-state index in [1.165, 1.54) is 28.9 Å². The normalized spacial score (nSPS) is 11.9. The Morgan fingerprint density at radius 3 is 2.63 bits per heavy atom. The number of allylic oxidation sites excluding steroid dienone is 1. The van der Waals surface area contributed by atoms with Crippen LogP contribution in [0.4, 0.5) is 0 Å². The maximum absolute atomic E-state index is 4.31. The number of nitrogens with zero attached hydrogens (tertiary/aromatic N) is 2. The maximum Gasteiger partial charge on any atom is 0.115 e. The van der Waals surface area contributed by atoms with Crippen molar-refractivity contribution in [3.8, 4) is 0 Å². The van der Waals surface area contributed by atoms with Crippen LogP contribution >= 0.6 is 0 Å². The molecule has 0 aliphatic carbocycles. The van der Waals surface area contributed by atoms with Crippen LogP contribution in [0.25, 0.3) is 10.8 Å². The molecule has 0 heterocycles. The molecule has 0 aliphatic heterocycles. The van der Waals surface area contributed by atoms with Crippen molar-refractivity contribution >= 4 is 22.8 Å². The molecular weight excluding hydrogens is 232 g/mol. The van der Waals surface area contributed by atoms with Crippen molar-refractivity contribution in [1.82, 2.24) is 0 Å². The third-order valence-corrected chi connectivity index (χ3v) is 3.04. The maximum atomic E-state index is 4.31. The van der Waals surface area contributed by atoms with E-state index in [9.17, 15) is 0 Å². The van der Waals surface area contributed by atoms with Crippen molar-refractivity contribution in [2.75, 3.05) is 0 Å². The Morgan fingerprint density at radius 2 is 1.89 bits per heavy atom. The highest BCUT2D eigenvalue weighted by molar-refractivity contribution is 6.14. The molecule has 0 aliphatic rings. The number of hydrogen-bond donors (Lipinski definition) is 0. The molecule has 0 aromatic heterocycles. The fourth-order valence-corrected chi connectivity index (χ4v) is 2.08. The molecule has 0 bridgehead atoms. The van der Waals surface area contributed by atoms with E-state index in [4.69, 9.17) is 0 Å². The molecule has 2 aromatic rings. The molecule has 0 atom stereocenters.